The van der Waals surface area contributed by atoms with E-state index in [-0.39, 0.29) is 0 Å². The number of hydrogen-bond acceptors (Lipinski definition) is 1. The van der Waals surface area contributed by atoms with Crippen LogP contribution in [0.4, 0.5) is 17.1 Å². The van der Waals surface area contributed by atoms with Gasteiger partial charge in [0.2, 0.25) is 0 Å². The molecule has 0 spiro atoms. The highest BCUT2D eigenvalue weighted by Gasteiger charge is 2.23. The van der Waals surface area contributed by atoms with Crippen LogP contribution in [0.2, 0.25) is 0 Å². The maximum Gasteiger partial charge on any atom is 0.0541 e. The minimum absolute atomic E-state index is 1.07. The molecule has 0 fully saturated rings. The van der Waals surface area contributed by atoms with Crippen molar-refractivity contribution in [1.82, 2.24) is 4.57 Å². The first-order valence-corrected chi connectivity index (χ1v) is 27.6. The van der Waals surface area contributed by atoms with E-state index >= 15 is 0 Å². The van der Waals surface area contributed by atoms with Gasteiger partial charge in [0, 0.05) is 33.2 Å². The molecule has 2 nitrogen and oxygen atoms in total. The lowest BCUT2D eigenvalue weighted by atomic mass is 9.84. The van der Waals surface area contributed by atoms with Crippen LogP contribution < -0.4 is 4.90 Å². The maximum atomic E-state index is 2.45. The van der Waals surface area contributed by atoms with Crippen molar-refractivity contribution in [1.29, 1.82) is 0 Å². The summed E-state index contributed by atoms with van der Waals surface area (Å²) in [5.74, 6) is 0. The Bertz CT molecular complexity index is 4590. The SMILES string of the molecule is c1ccc(-c2ccccc2-c2ccc3c(c2)c2cc(-c4ccccc4-c4ccccc4)ccc2n3-c2ccc(N(c3ccccc3)c3ccc(-c4c5ccccc5c(-c5ccccc5)c5ccccc45)c4ccccc34)cc2)cc1. The molecule has 80 heavy (non-hydrogen) atoms. The van der Waals surface area contributed by atoms with Crippen LogP contribution in [0.15, 0.2) is 315 Å². The van der Waals surface area contributed by atoms with Gasteiger partial charge in [0.15, 0.2) is 0 Å². The number of hydrogen-bond donors (Lipinski definition) is 0. The highest BCUT2D eigenvalue weighted by atomic mass is 15.1. The Morgan fingerprint density at radius 3 is 1.07 bits per heavy atom. The van der Waals surface area contributed by atoms with E-state index in [1.54, 1.807) is 0 Å². The van der Waals surface area contributed by atoms with E-state index in [2.05, 4.69) is 325 Å². The molecule has 0 amide bonds. The fourth-order valence-corrected chi connectivity index (χ4v) is 12.6. The standard InChI is InChI=1S/C78H52N2/c1-5-23-53(24-6-1)61-31-13-15-33-63(61)56-41-48-75-72(51-56)73-52-57(64-34-16-14-32-62(64)54-25-7-2-8-26-54)42-49-76(73)80(75)60-45-43-59(44-46-60)79(58-29-11-4-12-30-58)74-50-47-71(65-35-17-18-36-66(65)74)78-69-39-21-19-37-67(69)77(55-27-9-3-10-28-55)68-38-20-22-40-70(68)78/h1-52H. The zero-order valence-electron chi connectivity index (χ0n) is 43.9. The van der Waals surface area contributed by atoms with Crippen LogP contribution in [0.5, 0.6) is 0 Å². The summed E-state index contributed by atoms with van der Waals surface area (Å²) >= 11 is 0. The third-order valence-corrected chi connectivity index (χ3v) is 16.2. The minimum Gasteiger partial charge on any atom is -0.310 e. The van der Waals surface area contributed by atoms with E-state index in [1.807, 2.05) is 0 Å². The van der Waals surface area contributed by atoms with Crippen molar-refractivity contribution in [2.24, 2.45) is 0 Å². The number of aromatic nitrogens is 1. The number of benzene rings is 14. The van der Waals surface area contributed by atoms with Crippen LogP contribution in [0.25, 0.3) is 127 Å². The van der Waals surface area contributed by atoms with Crippen molar-refractivity contribution >= 4 is 71.2 Å². The van der Waals surface area contributed by atoms with Crippen molar-refractivity contribution in [3.63, 3.8) is 0 Å². The molecule has 0 saturated carbocycles. The van der Waals surface area contributed by atoms with Crippen molar-refractivity contribution < 1.29 is 0 Å². The largest absolute Gasteiger partial charge is 0.310 e. The van der Waals surface area contributed by atoms with Crippen LogP contribution in [-0.2, 0) is 0 Å². The van der Waals surface area contributed by atoms with E-state index < -0.39 is 0 Å². The zero-order chi connectivity index (χ0) is 52.9. The molecular formula is C78H52N2. The van der Waals surface area contributed by atoms with Gasteiger partial charge in [0.25, 0.3) is 0 Å². The highest BCUT2D eigenvalue weighted by Crippen LogP contribution is 2.49. The zero-order valence-corrected chi connectivity index (χ0v) is 43.9. The van der Waals surface area contributed by atoms with Crippen molar-refractivity contribution in [3.05, 3.63) is 315 Å². The second kappa shape index (κ2) is 19.8. The normalized spacial score (nSPS) is 11.5. The number of para-hydroxylation sites is 1. The summed E-state index contributed by atoms with van der Waals surface area (Å²) < 4.78 is 2.45. The molecule has 1 heterocycles. The first-order chi connectivity index (χ1) is 39.7. The van der Waals surface area contributed by atoms with E-state index in [1.165, 1.54) is 110 Å². The minimum atomic E-state index is 1.07. The molecular weight excluding hydrogens is 965 g/mol. The molecule has 15 aromatic rings. The second-order valence-corrected chi connectivity index (χ2v) is 20.7. The van der Waals surface area contributed by atoms with Crippen molar-refractivity contribution in [3.8, 4) is 72.4 Å². The lowest BCUT2D eigenvalue weighted by Gasteiger charge is -2.28. The maximum absolute atomic E-state index is 2.45. The predicted molar refractivity (Wildman–Crippen MR) is 341 cm³/mol. The Balaban J connectivity index is 0.891. The van der Waals surface area contributed by atoms with Gasteiger partial charge in [-0.25, -0.2) is 0 Å². The van der Waals surface area contributed by atoms with Gasteiger partial charge in [0.1, 0.15) is 0 Å². The molecule has 1 aromatic heterocycles. The molecule has 374 valence electrons. The van der Waals surface area contributed by atoms with Crippen LogP contribution in [0.3, 0.4) is 0 Å². The summed E-state index contributed by atoms with van der Waals surface area (Å²) in [5, 5.41) is 9.76. The first kappa shape index (κ1) is 46.7. The molecule has 0 aliphatic heterocycles. The Morgan fingerprint density at radius 1 is 0.212 bits per heavy atom. The van der Waals surface area contributed by atoms with Gasteiger partial charge in [-0.1, -0.05) is 249 Å². The second-order valence-electron chi connectivity index (χ2n) is 20.7. The average Bonchev–Trinajstić information content (AvgIpc) is 4.06. The fraction of sp³-hybridized carbons (Fsp3) is 0. The Hall–Kier alpha value is -10.5. The number of nitrogens with zero attached hydrogens (tertiary/aromatic N) is 2. The van der Waals surface area contributed by atoms with Crippen molar-refractivity contribution in [2.45, 2.75) is 0 Å². The summed E-state index contributed by atoms with van der Waals surface area (Å²) in [6.07, 6.45) is 0. The van der Waals surface area contributed by atoms with Gasteiger partial charge in [0.05, 0.1) is 16.7 Å². The van der Waals surface area contributed by atoms with E-state index in [9.17, 15) is 0 Å². The molecule has 2 heteroatoms. The Morgan fingerprint density at radius 2 is 0.588 bits per heavy atom. The van der Waals surface area contributed by atoms with Crippen LogP contribution in [0.1, 0.15) is 0 Å². The van der Waals surface area contributed by atoms with Gasteiger partial charge in [-0.05, 0) is 160 Å². The van der Waals surface area contributed by atoms with E-state index in [0.717, 1.165) is 33.8 Å². The smallest absolute Gasteiger partial charge is 0.0541 e. The highest BCUT2D eigenvalue weighted by molar-refractivity contribution is 6.24. The van der Waals surface area contributed by atoms with Gasteiger partial charge in [-0.15, -0.1) is 0 Å². The van der Waals surface area contributed by atoms with Gasteiger partial charge in [-0.3, -0.25) is 0 Å². The summed E-state index contributed by atoms with van der Waals surface area (Å²) in [4.78, 5) is 2.42. The quantitative estimate of drug-likeness (QED) is 0.124. The van der Waals surface area contributed by atoms with Gasteiger partial charge < -0.3 is 9.47 Å². The lowest BCUT2D eigenvalue weighted by molar-refractivity contribution is 1.17. The third kappa shape index (κ3) is 7.96. The monoisotopic (exact) mass is 1020 g/mol. The third-order valence-electron chi connectivity index (χ3n) is 16.2. The molecule has 0 aliphatic carbocycles. The molecule has 0 aliphatic rings. The average molecular weight is 1020 g/mol. The number of rotatable bonds is 10. The molecule has 0 radical (unpaired) electrons. The fourth-order valence-electron chi connectivity index (χ4n) is 12.6. The van der Waals surface area contributed by atoms with Gasteiger partial charge >= 0.3 is 0 Å². The summed E-state index contributed by atoms with van der Waals surface area (Å²) in [5.41, 5.74) is 21.2. The topological polar surface area (TPSA) is 8.17 Å². The Labute approximate surface area is 466 Å². The predicted octanol–water partition coefficient (Wildman–Crippen LogP) is 21.7. The molecule has 0 bridgehead atoms. The van der Waals surface area contributed by atoms with Crippen molar-refractivity contribution in [2.75, 3.05) is 4.90 Å². The molecule has 0 N–H and O–H groups in total. The van der Waals surface area contributed by atoms with Crippen LogP contribution >= 0.6 is 0 Å². The van der Waals surface area contributed by atoms with Crippen LogP contribution in [0, 0.1) is 0 Å². The summed E-state index contributed by atoms with van der Waals surface area (Å²) in [6, 6.07) is 115. The van der Waals surface area contributed by atoms with Gasteiger partial charge in [-0.2, -0.15) is 0 Å². The molecule has 15 rings (SSSR count). The summed E-state index contributed by atoms with van der Waals surface area (Å²) in [6.45, 7) is 0. The molecule has 0 saturated heterocycles. The van der Waals surface area contributed by atoms with Crippen LogP contribution in [-0.4, -0.2) is 4.57 Å². The van der Waals surface area contributed by atoms with E-state index in [0.29, 0.717) is 0 Å². The van der Waals surface area contributed by atoms with E-state index in [4.69, 9.17) is 0 Å². The number of fused-ring (bicyclic) bond motifs is 6. The first-order valence-electron chi connectivity index (χ1n) is 27.6. The number of anilines is 3. The Kier molecular flexibility index (Phi) is 11.6. The molecule has 0 atom stereocenters. The molecule has 0 unspecified atom stereocenters. The lowest BCUT2D eigenvalue weighted by Crippen LogP contribution is -2.10. The molecule has 14 aromatic carbocycles. The summed E-state index contributed by atoms with van der Waals surface area (Å²) in [7, 11) is 0.